The Bertz CT molecular complexity index is 664. The molecule has 0 aliphatic carbocycles. The van der Waals surface area contributed by atoms with E-state index in [-0.39, 0.29) is 0 Å². The van der Waals surface area contributed by atoms with Crippen molar-refractivity contribution in [2.24, 2.45) is 0 Å². The molecule has 0 radical (unpaired) electrons. The quantitative estimate of drug-likeness (QED) is 0.738. The van der Waals surface area contributed by atoms with Crippen LogP contribution in [0.15, 0.2) is 48.7 Å². The van der Waals surface area contributed by atoms with Gasteiger partial charge in [-0.25, -0.2) is 9.37 Å². The lowest BCUT2D eigenvalue weighted by molar-refractivity contribution is 0.192. The Kier molecular flexibility index (Phi) is 3.15. The fraction of sp³-hybridized carbons (Fsp3) is 0.235. The van der Waals surface area contributed by atoms with Crippen molar-refractivity contribution in [3.05, 3.63) is 59.9 Å². The smallest absolute Gasteiger partial charge is 0.205 e. The number of pyridine rings is 1. The van der Waals surface area contributed by atoms with Crippen LogP contribution in [0.3, 0.4) is 0 Å². The molecule has 2 nitrogen and oxygen atoms in total. The summed E-state index contributed by atoms with van der Waals surface area (Å²) >= 11 is 0. The Morgan fingerprint density at radius 3 is 2.75 bits per heavy atom. The zero-order valence-corrected chi connectivity index (χ0v) is 11.3. The van der Waals surface area contributed by atoms with Crippen LogP contribution in [0, 0.1) is 18.8 Å². The molecule has 1 fully saturated rings. The van der Waals surface area contributed by atoms with Gasteiger partial charge < -0.3 is 4.90 Å². The predicted molar refractivity (Wildman–Crippen MR) is 78.3 cm³/mol. The number of rotatable bonds is 1. The molecular weight excluding hydrogens is 251 g/mol. The Morgan fingerprint density at radius 1 is 1.20 bits per heavy atom. The average molecular weight is 266 g/mol. The second kappa shape index (κ2) is 4.97. The zero-order chi connectivity index (χ0) is 14.0. The van der Waals surface area contributed by atoms with E-state index in [4.69, 9.17) is 0 Å². The molecule has 100 valence electrons. The molecule has 20 heavy (non-hydrogen) atoms. The van der Waals surface area contributed by atoms with E-state index in [9.17, 15) is 4.39 Å². The van der Waals surface area contributed by atoms with Crippen molar-refractivity contribution >= 4 is 5.69 Å². The Hall–Kier alpha value is -2.34. The third-order valence-electron chi connectivity index (χ3n) is 3.33. The molecule has 2 aromatic rings. The van der Waals surface area contributed by atoms with Gasteiger partial charge in [0.1, 0.15) is 5.69 Å². The van der Waals surface area contributed by atoms with Crippen LogP contribution >= 0.6 is 0 Å². The number of anilines is 1. The molecular formula is C17H15FN2. The fourth-order valence-corrected chi connectivity index (χ4v) is 2.26. The Labute approximate surface area is 118 Å². The topological polar surface area (TPSA) is 16.1 Å². The summed E-state index contributed by atoms with van der Waals surface area (Å²) in [6.07, 6.45) is 1.66. The number of alkyl halides is 1. The minimum absolute atomic E-state index is 0.316. The highest BCUT2D eigenvalue weighted by atomic mass is 19.1. The second-order valence-electron chi connectivity index (χ2n) is 5.13. The van der Waals surface area contributed by atoms with E-state index in [2.05, 4.69) is 22.9 Å². The van der Waals surface area contributed by atoms with Gasteiger partial charge in [0.2, 0.25) is 5.67 Å². The minimum Gasteiger partial charge on any atom is -0.363 e. The van der Waals surface area contributed by atoms with Crippen LogP contribution in [-0.4, -0.2) is 23.7 Å². The van der Waals surface area contributed by atoms with Crippen molar-refractivity contribution in [2.75, 3.05) is 18.0 Å². The molecule has 1 aliphatic heterocycles. The standard InChI is InChI=1S/C17H15FN2/c1-14-5-4-7-16(11-14)20-12-17(18,13-20)9-8-15-6-2-3-10-19-15/h2-7,10-11H,12-13H2,1H3. The summed E-state index contributed by atoms with van der Waals surface area (Å²) in [6.45, 7) is 2.67. The van der Waals surface area contributed by atoms with Gasteiger partial charge in [-0.15, -0.1) is 0 Å². The molecule has 0 amide bonds. The van der Waals surface area contributed by atoms with Crippen LogP contribution in [0.2, 0.25) is 0 Å². The van der Waals surface area contributed by atoms with E-state index >= 15 is 0 Å². The molecule has 0 N–H and O–H groups in total. The van der Waals surface area contributed by atoms with Gasteiger partial charge in [0.05, 0.1) is 13.1 Å². The number of hydrogen-bond acceptors (Lipinski definition) is 2. The first-order valence-electron chi connectivity index (χ1n) is 6.59. The summed E-state index contributed by atoms with van der Waals surface area (Å²) in [5, 5.41) is 0. The van der Waals surface area contributed by atoms with Gasteiger partial charge in [-0.3, -0.25) is 0 Å². The number of nitrogens with zero attached hydrogens (tertiary/aromatic N) is 2. The minimum atomic E-state index is -1.43. The van der Waals surface area contributed by atoms with Crippen LogP contribution in [-0.2, 0) is 0 Å². The lowest BCUT2D eigenvalue weighted by Crippen LogP contribution is -2.58. The highest BCUT2D eigenvalue weighted by Gasteiger charge is 2.42. The monoisotopic (exact) mass is 266 g/mol. The molecule has 0 saturated carbocycles. The third-order valence-corrected chi connectivity index (χ3v) is 3.33. The van der Waals surface area contributed by atoms with Crippen molar-refractivity contribution in [1.29, 1.82) is 0 Å². The maximum atomic E-state index is 14.4. The number of aromatic nitrogens is 1. The maximum absolute atomic E-state index is 14.4. The summed E-state index contributed by atoms with van der Waals surface area (Å²) in [7, 11) is 0. The first-order valence-corrected chi connectivity index (χ1v) is 6.59. The maximum Gasteiger partial charge on any atom is 0.205 e. The van der Waals surface area contributed by atoms with Crippen LogP contribution in [0.5, 0.6) is 0 Å². The molecule has 0 atom stereocenters. The highest BCUT2D eigenvalue weighted by molar-refractivity contribution is 5.54. The molecule has 0 spiro atoms. The van der Waals surface area contributed by atoms with Crippen molar-refractivity contribution in [3.8, 4) is 11.8 Å². The van der Waals surface area contributed by atoms with Gasteiger partial charge in [0.15, 0.2) is 0 Å². The molecule has 1 aliphatic rings. The van der Waals surface area contributed by atoms with E-state index in [1.807, 2.05) is 42.2 Å². The molecule has 0 unspecified atom stereocenters. The third kappa shape index (κ3) is 2.65. The molecule has 1 aromatic carbocycles. The van der Waals surface area contributed by atoms with Gasteiger partial charge in [-0.05, 0) is 42.7 Å². The van der Waals surface area contributed by atoms with Gasteiger partial charge in [0, 0.05) is 11.9 Å². The SMILES string of the molecule is Cc1cccc(N2CC(F)(C#Cc3ccccn3)C2)c1. The number of benzene rings is 1. The van der Waals surface area contributed by atoms with Gasteiger partial charge in [-0.1, -0.05) is 24.1 Å². The molecule has 0 bridgehead atoms. The summed E-state index contributed by atoms with van der Waals surface area (Å²) in [5.41, 5.74) is 1.41. The Balaban J connectivity index is 1.69. The first-order chi connectivity index (χ1) is 9.65. The van der Waals surface area contributed by atoms with Crippen molar-refractivity contribution in [2.45, 2.75) is 12.6 Å². The molecule has 3 heteroatoms. The van der Waals surface area contributed by atoms with E-state index in [0.717, 1.165) is 5.69 Å². The molecule has 1 saturated heterocycles. The summed E-state index contributed by atoms with van der Waals surface area (Å²) in [6, 6.07) is 13.5. The van der Waals surface area contributed by atoms with Crippen LogP contribution < -0.4 is 4.90 Å². The molecule has 2 heterocycles. The van der Waals surface area contributed by atoms with E-state index in [1.165, 1.54) is 5.56 Å². The van der Waals surface area contributed by atoms with Crippen molar-refractivity contribution in [1.82, 2.24) is 4.98 Å². The van der Waals surface area contributed by atoms with E-state index in [0.29, 0.717) is 18.8 Å². The highest BCUT2D eigenvalue weighted by Crippen LogP contribution is 2.30. The summed E-state index contributed by atoms with van der Waals surface area (Å²) in [5.74, 6) is 5.51. The van der Waals surface area contributed by atoms with Gasteiger partial charge >= 0.3 is 0 Å². The lowest BCUT2D eigenvalue weighted by Gasteiger charge is -2.42. The second-order valence-corrected chi connectivity index (χ2v) is 5.13. The summed E-state index contributed by atoms with van der Waals surface area (Å²) in [4.78, 5) is 6.08. The van der Waals surface area contributed by atoms with Crippen molar-refractivity contribution in [3.63, 3.8) is 0 Å². The number of hydrogen-bond donors (Lipinski definition) is 0. The average Bonchev–Trinajstić information content (AvgIpc) is 2.43. The number of aryl methyl sites for hydroxylation is 1. The van der Waals surface area contributed by atoms with Gasteiger partial charge in [0.25, 0.3) is 0 Å². The molecule has 3 rings (SSSR count). The first kappa shape index (κ1) is 12.7. The van der Waals surface area contributed by atoms with Crippen LogP contribution in [0.25, 0.3) is 0 Å². The largest absolute Gasteiger partial charge is 0.363 e. The Morgan fingerprint density at radius 2 is 2.05 bits per heavy atom. The van der Waals surface area contributed by atoms with Crippen LogP contribution in [0.1, 0.15) is 11.3 Å². The summed E-state index contributed by atoms with van der Waals surface area (Å²) < 4.78 is 14.4. The van der Waals surface area contributed by atoms with Gasteiger partial charge in [-0.2, -0.15) is 0 Å². The van der Waals surface area contributed by atoms with E-state index in [1.54, 1.807) is 12.3 Å². The fourth-order valence-electron chi connectivity index (χ4n) is 2.26. The van der Waals surface area contributed by atoms with Crippen molar-refractivity contribution < 1.29 is 4.39 Å². The lowest BCUT2D eigenvalue weighted by atomic mass is 9.95. The normalized spacial score (nSPS) is 16.0. The number of halogens is 1. The van der Waals surface area contributed by atoms with E-state index < -0.39 is 5.67 Å². The molecule has 1 aromatic heterocycles. The zero-order valence-electron chi connectivity index (χ0n) is 11.3. The predicted octanol–water partition coefficient (Wildman–Crippen LogP) is 2.97. The van der Waals surface area contributed by atoms with Crippen LogP contribution in [0.4, 0.5) is 10.1 Å².